The van der Waals surface area contributed by atoms with Crippen molar-refractivity contribution in [1.82, 2.24) is 20.1 Å². The normalized spacial score (nSPS) is 13.0. The van der Waals surface area contributed by atoms with E-state index in [0.29, 0.717) is 45.6 Å². The topological polar surface area (TPSA) is 89.3 Å². The molecule has 0 unspecified atom stereocenters. The Kier molecular flexibility index (Phi) is 7.51. The van der Waals surface area contributed by atoms with Crippen molar-refractivity contribution in [3.05, 3.63) is 82.3 Å². The summed E-state index contributed by atoms with van der Waals surface area (Å²) in [7, 11) is 0. The summed E-state index contributed by atoms with van der Waals surface area (Å²) in [5.41, 5.74) is 2.80. The zero-order valence-electron chi connectivity index (χ0n) is 19.9. The van der Waals surface area contributed by atoms with Crippen LogP contribution in [-0.4, -0.2) is 31.9 Å². The van der Waals surface area contributed by atoms with Crippen LogP contribution in [-0.2, 0) is 11.4 Å². The number of aromatic nitrogens is 3. The lowest BCUT2D eigenvalue weighted by atomic mass is 9.98. The van der Waals surface area contributed by atoms with Crippen molar-refractivity contribution in [3.63, 3.8) is 0 Å². The number of amides is 1. The van der Waals surface area contributed by atoms with Crippen LogP contribution in [0.25, 0.3) is 16.6 Å². The average Bonchev–Trinajstić information content (AvgIpc) is 3.27. The number of aliphatic hydroxyl groups is 1. The predicted molar refractivity (Wildman–Crippen MR) is 132 cm³/mol. The van der Waals surface area contributed by atoms with E-state index in [9.17, 15) is 18.7 Å². The molecular weight excluding hydrogens is 490 g/mol. The Morgan fingerprint density at radius 1 is 1.25 bits per heavy atom. The minimum Gasteiger partial charge on any atom is -0.487 e. The monoisotopic (exact) mass is 514 g/mol. The number of benzene rings is 2. The molecule has 36 heavy (non-hydrogen) atoms. The molecule has 188 valence electrons. The van der Waals surface area contributed by atoms with E-state index in [-0.39, 0.29) is 11.6 Å². The molecule has 0 aliphatic heterocycles. The summed E-state index contributed by atoms with van der Waals surface area (Å²) in [6, 6.07) is 9.05. The van der Waals surface area contributed by atoms with Crippen LogP contribution in [0.15, 0.2) is 48.8 Å². The van der Waals surface area contributed by atoms with Gasteiger partial charge in [-0.2, -0.15) is 5.10 Å². The minimum absolute atomic E-state index is 0.0318. The standard InChI is InChI=1S/C26H25ClF2N4O3/c1-4-22(32-26(35)15(3)34)19-9-16(28)10-21(27)20(19)13-36-24-7-5-6-18-23(8-14(2)31-25(18)24)33-12-17(29)11-30-33/h5-12,15,22,34H,4,13H2,1-3H3,(H,32,35)/t15-,22+/m1/s1. The summed E-state index contributed by atoms with van der Waals surface area (Å²) in [6.45, 7) is 4.96. The summed E-state index contributed by atoms with van der Waals surface area (Å²) >= 11 is 6.41. The van der Waals surface area contributed by atoms with Crippen LogP contribution >= 0.6 is 11.6 Å². The van der Waals surface area contributed by atoms with E-state index in [2.05, 4.69) is 15.4 Å². The molecule has 2 aromatic heterocycles. The SMILES string of the molecule is CC[C@H](NC(=O)[C@@H](C)O)c1cc(F)cc(Cl)c1COc1cccc2c(-n3cc(F)cn3)cc(C)nc12. The van der Waals surface area contributed by atoms with E-state index in [1.807, 2.05) is 19.9 Å². The molecule has 1 amide bonds. The molecule has 2 aromatic carbocycles. The Hall–Kier alpha value is -3.56. The smallest absolute Gasteiger partial charge is 0.249 e. The zero-order chi connectivity index (χ0) is 26.0. The lowest BCUT2D eigenvalue weighted by Gasteiger charge is -2.23. The number of para-hydroxylation sites is 1. The Balaban J connectivity index is 1.72. The van der Waals surface area contributed by atoms with Crippen molar-refractivity contribution in [2.24, 2.45) is 0 Å². The number of hydrogen-bond donors (Lipinski definition) is 2. The fraction of sp³-hybridized carbons (Fsp3) is 0.269. The van der Waals surface area contributed by atoms with E-state index in [4.69, 9.17) is 16.3 Å². The van der Waals surface area contributed by atoms with Gasteiger partial charge in [-0.05, 0) is 50.1 Å². The average molecular weight is 515 g/mol. The number of hydrogen-bond acceptors (Lipinski definition) is 5. The molecule has 2 N–H and O–H groups in total. The highest BCUT2D eigenvalue weighted by molar-refractivity contribution is 6.31. The van der Waals surface area contributed by atoms with Gasteiger partial charge in [0.05, 0.1) is 29.1 Å². The Labute approximate surface area is 211 Å². The molecule has 0 spiro atoms. The predicted octanol–water partition coefficient (Wildman–Crippen LogP) is 5.19. The maximum atomic E-state index is 14.3. The van der Waals surface area contributed by atoms with Crippen molar-refractivity contribution in [2.45, 2.75) is 45.9 Å². The van der Waals surface area contributed by atoms with Gasteiger partial charge in [0.2, 0.25) is 5.91 Å². The third-order valence-corrected chi connectivity index (χ3v) is 6.09. The highest BCUT2D eigenvalue weighted by atomic mass is 35.5. The van der Waals surface area contributed by atoms with Gasteiger partial charge >= 0.3 is 0 Å². The van der Waals surface area contributed by atoms with E-state index in [1.165, 1.54) is 29.9 Å². The quantitative estimate of drug-likeness (QED) is 0.338. The highest BCUT2D eigenvalue weighted by Gasteiger charge is 2.22. The molecule has 7 nitrogen and oxygen atoms in total. The minimum atomic E-state index is -1.22. The van der Waals surface area contributed by atoms with Crippen LogP contribution in [0.3, 0.4) is 0 Å². The van der Waals surface area contributed by atoms with Crippen LogP contribution in [0.1, 0.15) is 43.1 Å². The van der Waals surface area contributed by atoms with Crippen molar-refractivity contribution in [1.29, 1.82) is 0 Å². The van der Waals surface area contributed by atoms with Crippen LogP contribution < -0.4 is 10.1 Å². The van der Waals surface area contributed by atoms with Gasteiger partial charge in [0.25, 0.3) is 0 Å². The number of carbonyl (C=O) groups is 1. The van der Waals surface area contributed by atoms with Gasteiger partial charge in [-0.15, -0.1) is 0 Å². The Morgan fingerprint density at radius 2 is 2.03 bits per heavy atom. The van der Waals surface area contributed by atoms with Crippen LogP contribution in [0.4, 0.5) is 8.78 Å². The molecule has 0 saturated carbocycles. The van der Waals surface area contributed by atoms with Crippen molar-refractivity contribution in [2.75, 3.05) is 0 Å². The fourth-order valence-corrected chi connectivity index (χ4v) is 4.26. The van der Waals surface area contributed by atoms with Gasteiger partial charge in [-0.1, -0.05) is 30.7 Å². The van der Waals surface area contributed by atoms with Gasteiger partial charge in [0, 0.05) is 16.6 Å². The lowest BCUT2D eigenvalue weighted by Crippen LogP contribution is -2.35. The van der Waals surface area contributed by atoms with Crippen molar-refractivity contribution < 1.29 is 23.4 Å². The van der Waals surface area contributed by atoms with Crippen LogP contribution in [0, 0.1) is 18.6 Å². The van der Waals surface area contributed by atoms with Gasteiger partial charge in [-0.3, -0.25) is 4.79 Å². The van der Waals surface area contributed by atoms with E-state index in [1.54, 1.807) is 18.2 Å². The molecule has 2 heterocycles. The number of ether oxygens (including phenoxy) is 1. The number of rotatable bonds is 8. The third-order valence-electron chi connectivity index (χ3n) is 5.75. The van der Waals surface area contributed by atoms with E-state index < -0.39 is 29.7 Å². The summed E-state index contributed by atoms with van der Waals surface area (Å²) in [5.74, 6) is -1.15. The van der Waals surface area contributed by atoms with Gasteiger partial charge < -0.3 is 15.2 Å². The first-order valence-corrected chi connectivity index (χ1v) is 11.8. The maximum absolute atomic E-state index is 14.3. The summed E-state index contributed by atoms with van der Waals surface area (Å²) in [5, 5.41) is 17.2. The third kappa shape index (κ3) is 5.32. The fourth-order valence-electron chi connectivity index (χ4n) is 4.00. The molecule has 10 heteroatoms. The summed E-state index contributed by atoms with van der Waals surface area (Å²) in [6.07, 6.45) is 1.62. The number of fused-ring (bicyclic) bond motifs is 1. The molecule has 0 aliphatic carbocycles. The summed E-state index contributed by atoms with van der Waals surface area (Å²) in [4.78, 5) is 16.7. The molecule has 0 aliphatic rings. The first-order valence-electron chi connectivity index (χ1n) is 11.4. The molecule has 0 saturated heterocycles. The number of nitrogens with one attached hydrogen (secondary N) is 1. The Morgan fingerprint density at radius 3 is 2.69 bits per heavy atom. The number of pyridine rings is 1. The van der Waals surface area contributed by atoms with Gasteiger partial charge in [0.1, 0.15) is 29.8 Å². The summed E-state index contributed by atoms with van der Waals surface area (Å²) < 4.78 is 35.5. The first kappa shape index (κ1) is 25.5. The number of aryl methyl sites for hydroxylation is 1. The van der Waals surface area contributed by atoms with Crippen molar-refractivity contribution >= 4 is 28.4 Å². The zero-order valence-corrected chi connectivity index (χ0v) is 20.7. The van der Waals surface area contributed by atoms with Crippen LogP contribution in [0.2, 0.25) is 5.02 Å². The van der Waals surface area contributed by atoms with Gasteiger partial charge in [0.15, 0.2) is 5.82 Å². The number of halogens is 3. The lowest BCUT2D eigenvalue weighted by molar-refractivity contribution is -0.129. The van der Waals surface area contributed by atoms with Crippen molar-refractivity contribution in [3.8, 4) is 11.4 Å². The molecule has 0 bridgehead atoms. The molecule has 2 atom stereocenters. The largest absolute Gasteiger partial charge is 0.487 e. The first-order chi connectivity index (χ1) is 17.2. The molecular formula is C26H25ClF2N4O3. The molecule has 0 fully saturated rings. The maximum Gasteiger partial charge on any atom is 0.249 e. The second-order valence-corrected chi connectivity index (χ2v) is 8.83. The second-order valence-electron chi connectivity index (χ2n) is 8.43. The number of carbonyl (C=O) groups excluding carboxylic acids is 1. The van der Waals surface area contributed by atoms with E-state index >= 15 is 0 Å². The Bertz CT molecular complexity index is 1420. The van der Waals surface area contributed by atoms with Crippen LogP contribution in [0.5, 0.6) is 5.75 Å². The second kappa shape index (κ2) is 10.6. The van der Waals surface area contributed by atoms with Gasteiger partial charge in [-0.25, -0.2) is 18.4 Å². The number of nitrogens with zero attached hydrogens (tertiary/aromatic N) is 3. The molecule has 4 aromatic rings. The highest BCUT2D eigenvalue weighted by Crippen LogP contribution is 2.33. The van der Waals surface area contributed by atoms with E-state index in [0.717, 1.165) is 6.20 Å². The molecule has 0 radical (unpaired) electrons. The number of aliphatic hydroxyl groups excluding tert-OH is 1. The molecule has 4 rings (SSSR count).